The third-order valence-electron chi connectivity index (χ3n) is 5.40. The molecule has 1 atom stereocenters. The molecule has 1 amide bonds. The van der Waals surface area contributed by atoms with E-state index in [9.17, 15) is 18.0 Å². The minimum atomic E-state index is -3.67. The number of carbonyl (C=O) groups excluding carboxylic acids is 2. The van der Waals surface area contributed by atoms with Gasteiger partial charge in [0.05, 0.1) is 10.5 Å². The van der Waals surface area contributed by atoms with Gasteiger partial charge in [-0.1, -0.05) is 24.3 Å². The summed E-state index contributed by atoms with van der Waals surface area (Å²) in [7, 11) is -3.67. The van der Waals surface area contributed by atoms with Gasteiger partial charge in [-0.15, -0.1) is 0 Å². The van der Waals surface area contributed by atoms with E-state index in [1.807, 2.05) is 24.3 Å². The topological polar surface area (TPSA) is 92.8 Å². The van der Waals surface area contributed by atoms with E-state index in [2.05, 4.69) is 5.32 Å². The molecule has 0 unspecified atom stereocenters. The highest BCUT2D eigenvalue weighted by molar-refractivity contribution is 7.89. The zero-order valence-corrected chi connectivity index (χ0v) is 17.5. The minimum Gasteiger partial charge on any atom is -0.449 e. The van der Waals surface area contributed by atoms with Crippen LogP contribution in [0.15, 0.2) is 53.4 Å². The van der Waals surface area contributed by atoms with E-state index in [0.717, 1.165) is 18.4 Å². The fourth-order valence-electron chi connectivity index (χ4n) is 3.42. The standard InChI is InChI=1S/C22H24N2O5S/c1-15(21(25)23-19-8-9-19)29-22(26)17-6-10-20(11-7-17)30(27,28)24-13-12-16-4-2-3-5-18(16)14-24/h2-7,10-11,15,19H,8-9,12-14H2,1H3,(H,23,25)/t15-/m0/s1. The van der Waals surface area contributed by atoms with Crippen molar-refractivity contribution in [3.05, 3.63) is 65.2 Å². The first-order chi connectivity index (χ1) is 14.3. The molecule has 0 bridgehead atoms. The van der Waals surface area contributed by atoms with Gasteiger partial charge in [-0.05, 0) is 61.6 Å². The van der Waals surface area contributed by atoms with Crippen molar-refractivity contribution in [2.75, 3.05) is 6.54 Å². The smallest absolute Gasteiger partial charge is 0.338 e. The molecule has 30 heavy (non-hydrogen) atoms. The number of fused-ring (bicyclic) bond motifs is 1. The number of ether oxygens (including phenoxy) is 1. The molecule has 2 aliphatic rings. The SMILES string of the molecule is C[C@H](OC(=O)c1ccc(S(=O)(=O)N2CCc3ccccc3C2)cc1)C(=O)NC1CC1. The molecule has 1 N–H and O–H groups in total. The molecule has 7 nitrogen and oxygen atoms in total. The second-order valence-electron chi connectivity index (χ2n) is 7.71. The molecular formula is C22H24N2O5S. The zero-order chi connectivity index (χ0) is 21.3. The molecule has 1 aliphatic carbocycles. The van der Waals surface area contributed by atoms with Crippen molar-refractivity contribution in [2.24, 2.45) is 0 Å². The van der Waals surface area contributed by atoms with Crippen LogP contribution in [0.1, 0.15) is 41.3 Å². The normalized spacial score (nSPS) is 17.6. The molecular weight excluding hydrogens is 404 g/mol. The molecule has 2 aromatic rings. The summed E-state index contributed by atoms with van der Waals surface area (Å²) in [5, 5.41) is 2.78. The molecule has 2 aromatic carbocycles. The fraction of sp³-hybridized carbons (Fsp3) is 0.364. The highest BCUT2D eigenvalue weighted by Crippen LogP contribution is 2.25. The Morgan fingerprint density at radius 1 is 1.07 bits per heavy atom. The zero-order valence-electron chi connectivity index (χ0n) is 16.7. The first-order valence-corrected chi connectivity index (χ1v) is 11.5. The molecule has 0 radical (unpaired) electrons. The Bertz CT molecular complexity index is 1060. The van der Waals surface area contributed by atoms with Crippen molar-refractivity contribution in [1.29, 1.82) is 0 Å². The molecule has 1 heterocycles. The van der Waals surface area contributed by atoms with Gasteiger partial charge in [0.1, 0.15) is 0 Å². The second-order valence-corrected chi connectivity index (χ2v) is 9.65. The van der Waals surface area contributed by atoms with Gasteiger partial charge >= 0.3 is 5.97 Å². The van der Waals surface area contributed by atoms with Crippen LogP contribution >= 0.6 is 0 Å². The van der Waals surface area contributed by atoms with Crippen LogP contribution in [-0.4, -0.2) is 43.3 Å². The van der Waals surface area contributed by atoms with Crippen LogP contribution in [0.2, 0.25) is 0 Å². The quantitative estimate of drug-likeness (QED) is 0.713. The van der Waals surface area contributed by atoms with Crippen molar-refractivity contribution < 1.29 is 22.7 Å². The Labute approximate surface area is 176 Å². The first kappa shape index (κ1) is 20.6. The van der Waals surface area contributed by atoms with Crippen LogP contribution in [0, 0.1) is 0 Å². The largest absolute Gasteiger partial charge is 0.449 e. The number of hydrogen-bond donors (Lipinski definition) is 1. The number of nitrogens with one attached hydrogen (secondary N) is 1. The maximum absolute atomic E-state index is 13.0. The molecule has 1 saturated carbocycles. The summed E-state index contributed by atoms with van der Waals surface area (Å²) in [5.41, 5.74) is 2.37. The Balaban J connectivity index is 1.42. The van der Waals surface area contributed by atoms with E-state index in [1.54, 1.807) is 0 Å². The van der Waals surface area contributed by atoms with Crippen molar-refractivity contribution in [3.63, 3.8) is 0 Å². The Kier molecular flexibility index (Phi) is 5.62. The molecule has 1 fully saturated rings. The highest BCUT2D eigenvalue weighted by atomic mass is 32.2. The predicted molar refractivity (Wildman–Crippen MR) is 110 cm³/mol. The summed E-state index contributed by atoms with van der Waals surface area (Å²) >= 11 is 0. The van der Waals surface area contributed by atoms with E-state index in [1.165, 1.54) is 41.1 Å². The van der Waals surface area contributed by atoms with Crippen LogP contribution in [0.3, 0.4) is 0 Å². The average molecular weight is 429 g/mol. The van der Waals surface area contributed by atoms with Crippen molar-refractivity contribution >= 4 is 21.9 Å². The van der Waals surface area contributed by atoms with Gasteiger partial charge in [-0.25, -0.2) is 13.2 Å². The number of nitrogens with zero attached hydrogens (tertiary/aromatic N) is 1. The molecule has 158 valence electrons. The number of rotatable bonds is 6. The number of hydrogen-bond acceptors (Lipinski definition) is 5. The lowest BCUT2D eigenvalue weighted by Crippen LogP contribution is -2.37. The maximum Gasteiger partial charge on any atom is 0.338 e. The van der Waals surface area contributed by atoms with Gasteiger partial charge in [0, 0.05) is 19.1 Å². The third-order valence-corrected chi connectivity index (χ3v) is 7.26. The predicted octanol–water partition coefficient (Wildman–Crippen LogP) is 2.26. The fourth-order valence-corrected chi connectivity index (χ4v) is 4.83. The van der Waals surface area contributed by atoms with Gasteiger partial charge in [0.25, 0.3) is 5.91 Å². The summed E-state index contributed by atoms with van der Waals surface area (Å²) in [5.74, 6) is -0.986. The Hall–Kier alpha value is -2.71. The molecule has 0 spiro atoms. The van der Waals surface area contributed by atoms with Crippen LogP contribution in [0.25, 0.3) is 0 Å². The van der Waals surface area contributed by atoms with Crippen molar-refractivity contribution in [3.8, 4) is 0 Å². The Morgan fingerprint density at radius 3 is 2.40 bits per heavy atom. The monoisotopic (exact) mass is 428 g/mol. The van der Waals surface area contributed by atoms with Gasteiger partial charge < -0.3 is 10.1 Å². The summed E-state index contributed by atoms with van der Waals surface area (Å²) in [6.45, 7) is 2.26. The summed E-state index contributed by atoms with van der Waals surface area (Å²) in [6, 6.07) is 13.6. The number of carbonyl (C=O) groups is 2. The summed E-state index contributed by atoms with van der Waals surface area (Å²) in [4.78, 5) is 24.4. The molecule has 0 aromatic heterocycles. The minimum absolute atomic E-state index is 0.123. The van der Waals surface area contributed by atoms with Gasteiger partial charge in [-0.3, -0.25) is 4.79 Å². The van der Waals surface area contributed by atoms with Crippen molar-refractivity contribution in [1.82, 2.24) is 9.62 Å². The van der Waals surface area contributed by atoms with Gasteiger partial charge in [0.2, 0.25) is 10.0 Å². The van der Waals surface area contributed by atoms with Crippen LogP contribution in [-0.2, 0) is 32.5 Å². The number of esters is 1. The van der Waals surface area contributed by atoms with Crippen molar-refractivity contribution in [2.45, 2.75) is 49.8 Å². The average Bonchev–Trinajstić information content (AvgIpc) is 3.57. The molecule has 8 heteroatoms. The number of amides is 1. The second kappa shape index (κ2) is 8.20. The van der Waals surface area contributed by atoms with E-state index in [4.69, 9.17) is 4.74 Å². The summed E-state index contributed by atoms with van der Waals surface area (Å²) < 4.78 is 32.7. The van der Waals surface area contributed by atoms with Gasteiger partial charge in [0.15, 0.2) is 6.10 Å². The molecule has 0 saturated heterocycles. The molecule has 1 aliphatic heterocycles. The third kappa shape index (κ3) is 4.39. The van der Waals surface area contributed by atoms with E-state index < -0.39 is 22.1 Å². The van der Waals surface area contributed by atoms with Crippen LogP contribution in [0.4, 0.5) is 0 Å². The van der Waals surface area contributed by atoms with Crippen LogP contribution < -0.4 is 5.32 Å². The lowest BCUT2D eigenvalue weighted by molar-refractivity contribution is -0.129. The van der Waals surface area contributed by atoms with Crippen LogP contribution in [0.5, 0.6) is 0 Å². The Morgan fingerprint density at radius 2 is 1.73 bits per heavy atom. The lowest BCUT2D eigenvalue weighted by atomic mass is 10.0. The highest BCUT2D eigenvalue weighted by Gasteiger charge is 2.29. The lowest BCUT2D eigenvalue weighted by Gasteiger charge is -2.28. The van der Waals surface area contributed by atoms with E-state index in [0.29, 0.717) is 19.5 Å². The first-order valence-electron chi connectivity index (χ1n) is 10.0. The maximum atomic E-state index is 13.0. The van der Waals surface area contributed by atoms with E-state index in [-0.39, 0.29) is 22.4 Å². The number of sulfonamides is 1. The number of benzene rings is 2. The van der Waals surface area contributed by atoms with E-state index >= 15 is 0 Å². The van der Waals surface area contributed by atoms with Gasteiger partial charge in [-0.2, -0.15) is 4.31 Å². The molecule has 4 rings (SSSR count). The summed E-state index contributed by atoms with van der Waals surface area (Å²) in [6.07, 6.45) is 1.66.